The quantitative estimate of drug-likeness (QED) is 0.773. The fourth-order valence-corrected chi connectivity index (χ4v) is 1.38. The molecule has 1 aromatic carbocycles. The maximum Gasteiger partial charge on any atom is 0.307 e. The number of hydrogen-bond donors (Lipinski definition) is 2. The number of benzene rings is 1. The number of aromatic hydroxyl groups is 1. The summed E-state index contributed by atoms with van der Waals surface area (Å²) in [5, 5.41) is 9.96. The summed E-state index contributed by atoms with van der Waals surface area (Å²) >= 11 is 5.75. The zero-order valence-corrected chi connectivity index (χ0v) is 8.99. The average molecular weight is 230 g/mol. The van der Waals surface area contributed by atoms with Crippen LogP contribution in [-0.2, 0) is 9.53 Å². The van der Waals surface area contributed by atoms with Crippen molar-refractivity contribution in [3.8, 4) is 5.75 Å². The van der Waals surface area contributed by atoms with E-state index in [2.05, 4.69) is 4.74 Å². The van der Waals surface area contributed by atoms with Crippen LogP contribution in [0.5, 0.6) is 5.75 Å². The Balaban J connectivity index is 2.85. The van der Waals surface area contributed by atoms with E-state index in [1.807, 2.05) is 0 Å². The Bertz CT molecular complexity index is 368. The SMILES string of the molecule is COC(=O)C[C@@H](N)c1cc(Cl)ccc1O. The van der Waals surface area contributed by atoms with E-state index in [1.54, 1.807) is 6.07 Å². The summed E-state index contributed by atoms with van der Waals surface area (Å²) in [6.45, 7) is 0. The highest BCUT2D eigenvalue weighted by molar-refractivity contribution is 6.30. The van der Waals surface area contributed by atoms with Gasteiger partial charge < -0.3 is 15.6 Å². The van der Waals surface area contributed by atoms with E-state index in [-0.39, 0.29) is 12.2 Å². The molecule has 0 radical (unpaired) electrons. The van der Waals surface area contributed by atoms with Crippen molar-refractivity contribution < 1.29 is 14.6 Å². The number of ether oxygens (including phenoxy) is 1. The van der Waals surface area contributed by atoms with Crippen LogP contribution in [0.1, 0.15) is 18.0 Å². The molecule has 15 heavy (non-hydrogen) atoms. The summed E-state index contributed by atoms with van der Waals surface area (Å²) in [5.41, 5.74) is 6.16. The molecule has 0 aliphatic rings. The molecule has 4 nitrogen and oxygen atoms in total. The van der Waals surface area contributed by atoms with Gasteiger partial charge in [-0.05, 0) is 18.2 Å². The van der Waals surface area contributed by atoms with Crippen molar-refractivity contribution in [2.45, 2.75) is 12.5 Å². The number of carbonyl (C=O) groups excluding carboxylic acids is 1. The summed E-state index contributed by atoms with van der Waals surface area (Å²) in [6, 6.07) is 3.90. The average Bonchev–Trinajstić information content (AvgIpc) is 2.21. The molecule has 1 atom stereocenters. The molecule has 0 bridgehead atoms. The van der Waals surface area contributed by atoms with E-state index >= 15 is 0 Å². The van der Waals surface area contributed by atoms with Gasteiger partial charge in [-0.2, -0.15) is 0 Å². The molecule has 0 saturated carbocycles. The lowest BCUT2D eigenvalue weighted by molar-refractivity contribution is -0.141. The maximum atomic E-state index is 11.0. The first-order chi connectivity index (χ1) is 7.04. The van der Waals surface area contributed by atoms with Crippen molar-refractivity contribution in [1.82, 2.24) is 0 Å². The van der Waals surface area contributed by atoms with E-state index < -0.39 is 12.0 Å². The Morgan fingerprint density at radius 2 is 2.33 bits per heavy atom. The van der Waals surface area contributed by atoms with Crippen LogP contribution >= 0.6 is 11.6 Å². The minimum absolute atomic E-state index is 0.00437. The smallest absolute Gasteiger partial charge is 0.307 e. The topological polar surface area (TPSA) is 72.5 Å². The number of rotatable bonds is 3. The minimum Gasteiger partial charge on any atom is -0.508 e. The standard InChI is InChI=1S/C10H12ClNO3/c1-15-10(14)5-8(12)7-4-6(11)2-3-9(7)13/h2-4,8,13H,5,12H2,1H3/t8-/m1/s1. The predicted molar refractivity (Wildman–Crippen MR) is 56.7 cm³/mol. The molecule has 0 fully saturated rings. The van der Waals surface area contributed by atoms with Crippen LogP contribution in [-0.4, -0.2) is 18.2 Å². The lowest BCUT2D eigenvalue weighted by atomic mass is 10.0. The Morgan fingerprint density at radius 3 is 2.93 bits per heavy atom. The summed E-state index contributed by atoms with van der Waals surface area (Å²) < 4.78 is 4.48. The molecule has 0 aliphatic heterocycles. The van der Waals surface area contributed by atoms with Crippen LogP contribution in [0.25, 0.3) is 0 Å². The molecule has 5 heteroatoms. The minimum atomic E-state index is -0.615. The molecule has 0 aliphatic carbocycles. The second kappa shape index (κ2) is 5.00. The third kappa shape index (κ3) is 3.11. The first-order valence-corrected chi connectivity index (χ1v) is 4.73. The molecule has 1 aromatic rings. The molecule has 0 spiro atoms. The number of nitrogens with two attached hydrogens (primary N) is 1. The van der Waals surface area contributed by atoms with Gasteiger partial charge in [-0.25, -0.2) is 0 Å². The highest BCUT2D eigenvalue weighted by Crippen LogP contribution is 2.27. The molecular formula is C10H12ClNO3. The fourth-order valence-electron chi connectivity index (χ4n) is 1.20. The number of carbonyl (C=O) groups is 1. The van der Waals surface area contributed by atoms with Crippen LogP contribution in [0.15, 0.2) is 18.2 Å². The predicted octanol–water partition coefficient (Wildman–Crippen LogP) is 1.61. The number of hydrogen-bond acceptors (Lipinski definition) is 4. The lowest BCUT2D eigenvalue weighted by Gasteiger charge is -2.12. The van der Waals surface area contributed by atoms with Crippen LogP contribution in [0, 0.1) is 0 Å². The highest BCUT2D eigenvalue weighted by Gasteiger charge is 2.15. The highest BCUT2D eigenvalue weighted by atomic mass is 35.5. The van der Waals surface area contributed by atoms with Crippen molar-refractivity contribution in [1.29, 1.82) is 0 Å². The summed E-state index contributed by atoms with van der Waals surface area (Å²) in [4.78, 5) is 11.0. The van der Waals surface area contributed by atoms with Gasteiger partial charge in [0.15, 0.2) is 0 Å². The maximum absolute atomic E-state index is 11.0. The van der Waals surface area contributed by atoms with E-state index in [0.29, 0.717) is 10.6 Å². The van der Waals surface area contributed by atoms with Crippen LogP contribution in [0.4, 0.5) is 0 Å². The molecule has 1 rings (SSSR count). The van der Waals surface area contributed by atoms with Gasteiger partial charge in [0.2, 0.25) is 0 Å². The third-order valence-corrected chi connectivity index (χ3v) is 2.24. The van der Waals surface area contributed by atoms with Gasteiger partial charge in [0.25, 0.3) is 0 Å². The second-order valence-corrected chi connectivity index (χ2v) is 3.53. The van der Waals surface area contributed by atoms with Crippen LogP contribution in [0.3, 0.4) is 0 Å². The number of halogens is 1. The van der Waals surface area contributed by atoms with Gasteiger partial charge in [0.1, 0.15) is 5.75 Å². The first kappa shape index (κ1) is 11.8. The van der Waals surface area contributed by atoms with Crippen molar-refractivity contribution in [3.63, 3.8) is 0 Å². The number of phenols is 1. The molecule has 0 saturated heterocycles. The normalized spacial score (nSPS) is 12.2. The number of phenolic OH excluding ortho intramolecular Hbond substituents is 1. The van der Waals surface area contributed by atoms with Gasteiger partial charge in [0.05, 0.1) is 13.5 Å². The fraction of sp³-hybridized carbons (Fsp3) is 0.300. The van der Waals surface area contributed by atoms with Crippen molar-refractivity contribution in [2.75, 3.05) is 7.11 Å². The second-order valence-electron chi connectivity index (χ2n) is 3.09. The largest absolute Gasteiger partial charge is 0.508 e. The summed E-state index contributed by atoms with van der Waals surface area (Å²) in [5.74, 6) is -0.405. The summed E-state index contributed by atoms with van der Waals surface area (Å²) in [6.07, 6.45) is 0.00437. The Kier molecular flexibility index (Phi) is 3.94. The Hall–Kier alpha value is -1.26. The molecule has 3 N–H and O–H groups in total. The zero-order chi connectivity index (χ0) is 11.4. The molecule has 0 amide bonds. The van der Waals surface area contributed by atoms with E-state index in [1.165, 1.54) is 19.2 Å². The molecule has 0 unspecified atom stereocenters. The van der Waals surface area contributed by atoms with Gasteiger partial charge in [0, 0.05) is 16.6 Å². The third-order valence-electron chi connectivity index (χ3n) is 2.00. The van der Waals surface area contributed by atoms with Crippen LogP contribution < -0.4 is 5.73 Å². The molecule has 0 aromatic heterocycles. The number of methoxy groups -OCH3 is 1. The monoisotopic (exact) mass is 229 g/mol. The first-order valence-electron chi connectivity index (χ1n) is 4.35. The molecule has 82 valence electrons. The van der Waals surface area contributed by atoms with Crippen LogP contribution in [0.2, 0.25) is 5.02 Å². The van der Waals surface area contributed by atoms with E-state index in [9.17, 15) is 9.90 Å². The molecule has 0 heterocycles. The van der Waals surface area contributed by atoms with Crippen molar-refractivity contribution in [2.24, 2.45) is 5.73 Å². The van der Waals surface area contributed by atoms with Gasteiger partial charge in [-0.15, -0.1) is 0 Å². The van der Waals surface area contributed by atoms with Gasteiger partial charge >= 0.3 is 5.97 Å². The van der Waals surface area contributed by atoms with Crippen molar-refractivity contribution in [3.05, 3.63) is 28.8 Å². The number of esters is 1. The van der Waals surface area contributed by atoms with E-state index in [0.717, 1.165) is 0 Å². The zero-order valence-electron chi connectivity index (χ0n) is 8.24. The van der Waals surface area contributed by atoms with Gasteiger partial charge in [-0.1, -0.05) is 11.6 Å². The Morgan fingerprint density at radius 1 is 1.67 bits per heavy atom. The van der Waals surface area contributed by atoms with Crippen molar-refractivity contribution >= 4 is 17.6 Å². The summed E-state index contributed by atoms with van der Waals surface area (Å²) in [7, 11) is 1.28. The lowest BCUT2D eigenvalue weighted by Crippen LogP contribution is -2.16. The van der Waals surface area contributed by atoms with E-state index in [4.69, 9.17) is 17.3 Å². The Labute approximate surface area is 92.6 Å². The molecular weight excluding hydrogens is 218 g/mol. The van der Waals surface area contributed by atoms with Gasteiger partial charge in [-0.3, -0.25) is 4.79 Å².